The van der Waals surface area contributed by atoms with Gasteiger partial charge < -0.3 is 10.2 Å². The van der Waals surface area contributed by atoms with Gasteiger partial charge in [-0.1, -0.05) is 19.8 Å². The van der Waals surface area contributed by atoms with Crippen LogP contribution in [-0.4, -0.2) is 29.6 Å². The van der Waals surface area contributed by atoms with Gasteiger partial charge in [0.2, 0.25) is 5.95 Å². The quantitative estimate of drug-likeness (QED) is 0.786. The molecule has 0 atom stereocenters. The summed E-state index contributed by atoms with van der Waals surface area (Å²) in [6, 6.07) is 2.03. The predicted octanol–water partition coefficient (Wildman–Crippen LogP) is 2.99. The summed E-state index contributed by atoms with van der Waals surface area (Å²) in [6.45, 7) is 7.46. The van der Waals surface area contributed by atoms with Crippen LogP contribution >= 0.6 is 0 Å². The fourth-order valence-electron chi connectivity index (χ4n) is 2.29. The van der Waals surface area contributed by atoms with Gasteiger partial charge in [-0.25, -0.2) is 4.98 Å². The Kier molecular flexibility index (Phi) is 4.79. The van der Waals surface area contributed by atoms with Gasteiger partial charge in [0.05, 0.1) is 0 Å². The van der Waals surface area contributed by atoms with Crippen LogP contribution in [0.15, 0.2) is 6.07 Å². The summed E-state index contributed by atoms with van der Waals surface area (Å²) in [7, 11) is 0. The second kappa shape index (κ2) is 6.57. The molecule has 0 spiro atoms. The molecule has 0 aromatic carbocycles. The molecule has 100 valence electrons. The van der Waals surface area contributed by atoms with Crippen LogP contribution in [-0.2, 0) is 0 Å². The zero-order chi connectivity index (χ0) is 12.8. The molecule has 4 heteroatoms. The molecule has 1 aromatic rings. The van der Waals surface area contributed by atoms with Gasteiger partial charge in [-0.3, -0.25) is 0 Å². The van der Waals surface area contributed by atoms with E-state index in [1.807, 2.05) is 13.0 Å². The van der Waals surface area contributed by atoms with Crippen molar-refractivity contribution in [3.63, 3.8) is 0 Å². The molecular formula is C14H24N4. The smallest absolute Gasteiger partial charge is 0.227 e. The number of rotatable bonds is 6. The zero-order valence-corrected chi connectivity index (χ0v) is 11.6. The average Bonchev–Trinajstić information content (AvgIpc) is 2.88. The first kappa shape index (κ1) is 13.1. The fourth-order valence-corrected chi connectivity index (χ4v) is 2.29. The van der Waals surface area contributed by atoms with E-state index in [1.165, 1.54) is 32.1 Å². The third kappa shape index (κ3) is 3.59. The SMILES string of the molecule is CCCCCNc1cc(C)nc(N2CCCC2)n1. The lowest BCUT2D eigenvalue weighted by molar-refractivity contribution is 0.741. The van der Waals surface area contributed by atoms with E-state index in [4.69, 9.17) is 0 Å². The highest BCUT2D eigenvalue weighted by atomic mass is 15.3. The van der Waals surface area contributed by atoms with Gasteiger partial charge in [-0.15, -0.1) is 0 Å². The number of hydrogen-bond donors (Lipinski definition) is 1. The molecule has 18 heavy (non-hydrogen) atoms. The van der Waals surface area contributed by atoms with Crippen molar-refractivity contribution in [3.05, 3.63) is 11.8 Å². The molecule has 4 nitrogen and oxygen atoms in total. The van der Waals surface area contributed by atoms with Crippen LogP contribution in [0.5, 0.6) is 0 Å². The zero-order valence-electron chi connectivity index (χ0n) is 11.6. The second-order valence-electron chi connectivity index (χ2n) is 5.02. The van der Waals surface area contributed by atoms with Crippen molar-refractivity contribution in [2.24, 2.45) is 0 Å². The largest absolute Gasteiger partial charge is 0.370 e. The van der Waals surface area contributed by atoms with E-state index in [9.17, 15) is 0 Å². The van der Waals surface area contributed by atoms with Crippen LogP contribution in [0.3, 0.4) is 0 Å². The summed E-state index contributed by atoms with van der Waals surface area (Å²) in [4.78, 5) is 11.4. The Morgan fingerprint density at radius 1 is 1.22 bits per heavy atom. The van der Waals surface area contributed by atoms with Crippen molar-refractivity contribution < 1.29 is 0 Å². The minimum Gasteiger partial charge on any atom is -0.370 e. The molecule has 1 aliphatic heterocycles. The summed E-state index contributed by atoms with van der Waals surface area (Å²) >= 11 is 0. The van der Waals surface area contributed by atoms with E-state index in [1.54, 1.807) is 0 Å². The van der Waals surface area contributed by atoms with E-state index in [2.05, 4.69) is 27.1 Å². The number of nitrogens with zero attached hydrogens (tertiary/aromatic N) is 3. The molecule has 0 saturated carbocycles. The predicted molar refractivity (Wildman–Crippen MR) is 76.2 cm³/mol. The number of nitrogens with one attached hydrogen (secondary N) is 1. The van der Waals surface area contributed by atoms with E-state index in [0.29, 0.717) is 0 Å². The van der Waals surface area contributed by atoms with Gasteiger partial charge in [0.25, 0.3) is 0 Å². The number of unbranched alkanes of at least 4 members (excludes halogenated alkanes) is 2. The molecule has 1 saturated heterocycles. The summed E-state index contributed by atoms with van der Waals surface area (Å²) in [6.07, 6.45) is 6.26. The first-order valence-electron chi connectivity index (χ1n) is 7.14. The molecule has 0 radical (unpaired) electrons. The van der Waals surface area contributed by atoms with Crippen molar-refractivity contribution in [3.8, 4) is 0 Å². The standard InChI is InChI=1S/C14H24N4/c1-3-4-5-8-15-13-11-12(2)16-14(17-13)18-9-6-7-10-18/h11H,3-10H2,1-2H3,(H,15,16,17). The fraction of sp³-hybridized carbons (Fsp3) is 0.714. The van der Waals surface area contributed by atoms with Gasteiger partial charge in [0.15, 0.2) is 0 Å². The summed E-state index contributed by atoms with van der Waals surface area (Å²) in [5.74, 6) is 1.87. The normalized spacial score (nSPS) is 15.1. The van der Waals surface area contributed by atoms with Crippen molar-refractivity contribution >= 4 is 11.8 Å². The van der Waals surface area contributed by atoms with Gasteiger partial charge in [-0.2, -0.15) is 4.98 Å². The van der Waals surface area contributed by atoms with Crippen LogP contribution in [0.2, 0.25) is 0 Å². The lowest BCUT2D eigenvalue weighted by Crippen LogP contribution is -2.21. The summed E-state index contributed by atoms with van der Waals surface area (Å²) in [5, 5.41) is 3.41. The maximum absolute atomic E-state index is 4.62. The Bertz CT molecular complexity index is 372. The Hall–Kier alpha value is -1.32. The first-order chi connectivity index (χ1) is 8.79. The van der Waals surface area contributed by atoms with Crippen LogP contribution < -0.4 is 10.2 Å². The molecule has 0 unspecified atom stereocenters. The van der Waals surface area contributed by atoms with Crippen molar-refractivity contribution in [2.75, 3.05) is 29.9 Å². The maximum atomic E-state index is 4.62. The van der Waals surface area contributed by atoms with Crippen LogP contribution in [0, 0.1) is 6.92 Å². The Balaban J connectivity index is 1.97. The van der Waals surface area contributed by atoms with Crippen molar-refractivity contribution in [1.82, 2.24) is 9.97 Å². The topological polar surface area (TPSA) is 41.1 Å². The molecule has 1 aliphatic rings. The summed E-state index contributed by atoms with van der Waals surface area (Å²) in [5.41, 5.74) is 1.05. The van der Waals surface area contributed by atoms with Crippen LogP contribution in [0.1, 0.15) is 44.7 Å². The van der Waals surface area contributed by atoms with Crippen molar-refractivity contribution in [1.29, 1.82) is 0 Å². The summed E-state index contributed by atoms with van der Waals surface area (Å²) < 4.78 is 0. The van der Waals surface area contributed by atoms with Gasteiger partial charge in [-0.05, 0) is 26.2 Å². The molecule has 0 aliphatic carbocycles. The monoisotopic (exact) mass is 248 g/mol. The second-order valence-corrected chi connectivity index (χ2v) is 5.02. The minimum atomic E-state index is 0.894. The molecular weight excluding hydrogens is 224 g/mol. The Labute approximate surface area is 110 Å². The van der Waals surface area contributed by atoms with Crippen LogP contribution in [0.4, 0.5) is 11.8 Å². The number of hydrogen-bond acceptors (Lipinski definition) is 4. The number of anilines is 2. The molecule has 1 fully saturated rings. The molecule has 1 N–H and O–H groups in total. The van der Waals surface area contributed by atoms with Gasteiger partial charge >= 0.3 is 0 Å². The molecule has 2 heterocycles. The average molecular weight is 248 g/mol. The van der Waals surface area contributed by atoms with E-state index in [-0.39, 0.29) is 0 Å². The number of aromatic nitrogens is 2. The molecule has 0 bridgehead atoms. The lowest BCUT2D eigenvalue weighted by Gasteiger charge is -2.16. The molecule has 1 aromatic heterocycles. The molecule has 2 rings (SSSR count). The maximum Gasteiger partial charge on any atom is 0.227 e. The highest BCUT2D eigenvalue weighted by molar-refractivity contribution is 5.44. The Morgan fingerprint density at radius 3 is 2.72 bits per heavy atom. The van der Waals surface area contributed by atoms with Gasteiger partial charge in [0, 0.05) is 31.4 Å². The Morgan fingerprint density at radius 2 is 2.00 bits per heavy atom. The van der Waals surface area contributed by atoms with Crippen molar-refractivity contribution in [2.45, 2.75) is 46.0 Å². The highest BCUT2D eigenvalue weighted by Gasteiger charge is 2.15. The molecule has 0 amide bonds. The number of aryl methyl sites for hydroxylation is 1. The first-order valence-corrected chi connectivity index (χ1v) is 7.14. The lowest BCUT2D eigenvalue weighted by atomic mass is 10.2. The van der Waals surface area contributed by atoms with E-state index >= 15 is 0 Å². The highest BCUT2D eigenvalue weighted by Crippen LogP contribution is 2.18. The minimum absolute atomic E-state index is 0.894. The third-order valence-corrected chi connectivity index (χ3v) is 3.32. The van der Waals surface area contributed by atoms with E-state index in [0.717, 1.165) is 37.1 Å². The van der Waals surface area contributed by atoms with Crippen LogP contribution in [0.25, 0.3) is 0 Å². The third-order valence-electron chi connectivity index (χ3n) is 3.32. The van der Waals surface area contributed by atoms with Gasteiger partial charge in [0.1, 0.15) is 5.82 Å². The van der Waals surface area contributed by atoms with E-state index < -0.39 is 0 Å².